The molecule has 8 nitrogen and oxygen atoms in total. The van der Waals surface area contributed by atoms with Crippen molar-refractivity contribution < 1.29 is 14.2 Å². The molecule has 0 bridgehead atoms. The fraction of sp³-hybridized carbons (Fsp3) is 0.0909. The smallest absolute Gasteiger partial charge is 0.295 e. The van der Waals surface area contributed by atoms with Crippen LogP contribution in [0.15, 0.2) is 28.9 Å². The molecule has 0 aliphatic rings. The Kier molecular flexibility index (Phi) is 3.42. The van der Waals surface area contributed by atoms with E-state index in [1.807, 2.05) is 6.07 Å². The Morgan fingerprint density at radius 3 is 2.47 bits per heavy atom. The molecule has 0 atom stereocenters. The maximum Gasteiger partial charge on any atom is 0.295 e. The summed E-state index contributed by atoms with van der Waals surface area (Å²) in [6, 6.07) is 6.97. The Morgan fingerprint density at radius 1 is 1.16 bits per heavy atom. The number of rotatable bonds is 2. The van der Waals surface area contributed by atoms with Gasteiger partial charge in [0.15, 0.2) is 0 Å². The summed E-state index contributed by atoms with van der Waals surface area (Å²) in [6.45, 7) is 1.79. The van der Waals surface area contributed by atoms with E-state index in [-0.39, 0.29) is 11.5 Å². The maximum absolute atomic E-state index is 11.8. The molecule has 1 aromatic heterocycles. The summed E-state index contributed by atoms with van der Waals surface area (Å²) in [6.07, 6.45) is 0. The second kappa shape index (κ2) is 5.17. The van der Waals surface area contributed by atoms with Crippen molar-refractivity contribution in [3.63, 3.8) is 0 Å². The molecule has 2 amide bonds. The van der Waals surface area contributed by atoms with E-state index in [4.69, 9.17) is 5.73 Å². The zero-order valence-electron chi connectivity index (χ0n) is 10.0. The number of hydrogen-bond acceptors (Lipinski definition) is 6. The van der Waals surface area contributed by atoms with Crippen LogP contribution in [0.5, 0.6) is 0 Å². The molecule has 0 unspecified atom stereocenters. The molecule has 0 fully saturated rings. The number of aryl methyl sites for hydroxylation is 1. The van der Waals surface area contributed by atoms with Gasteiger partial charge in [-0.1, -0.05) is 18.2 Å². The first-order valence-corrected chi connectivity index (χ1v) is 5.34. The van der Waals surface area contributed by atoms with Gasteiger partial charge in [0.05, 0.1) is 0 Å². The van der Waals surface area contributed by atoms with Gasteiger partial charge in [0.1, 0.15) is 0 Å². The van der Waals surface area contributed by atoms with Crippen LogP contribution in [0.3, 0.4) is 0 Å². The molecule has 0 saturated heterocycles. The predicted octanol–water partition coefficient (Wildman–Crippen LogP) is 0.0350. The molecule has 0 radical (unpaired) electrons. The van der Waals surface area contributed by atoms with Gasteiger partial charge >= 0.3 is 0 Å². The molecule has 0 aliphatic carbocycles. The summed E-state index contributed by atoms with van der Waals surface area (Å²) in [5, 5.41) is 6.56. The first kappa shape index (κ1) is 12.6. The van der Waals surface area contributed by atoms with Crippen LogP contribution in [0.4, 0.5) is 5.82 Å². The molecule has 8 heteroatoms. The zero-order chi connectivity index (χ0) is 13.8. The van der Waals surface area contributed by atoms with Gasteiger partial charge in [0, 0.05) is 5.56 Å². The first-order chi connectivity index (χ1) is 9.09. The lowest BCUT2D eigenvalue weighted by Gasteiger charge is -2.07. The number of nitrogens with one attached hydrogen (secondary N) is 2. The number of nitrogens with zero attached hydrogens (tertiary/aromatic N) is 2. The number of carbonyl (C=O) groups is 2. The van der Waals surface area contributed by atoms with Crippen LogP contribution in [-0.2, 0) is 0 Å². The minimum absolute atomic E-state index is 0.150. The molecular formula is C11H11N5O3. The molecule has 2 aromatic rings. The van der Waals surface area contributed by atoms with Crippen molar-refractivity contribution in [2.45, 2.75) is 6.92 Å². The van der Waals surface area contributed by atoms with Crippen LogP contribution in [0.1, 0.15) is 26.4 Å². The number of hydrogen-bond donors (Lipinski definition) is 3. The standard InChI is InChI=1S/C11H11N5O3/c1-6-4-2-3-5-7(6)10(17)13-14-11(18)8-9(12)16-19-15-8/h2-5H,1H3,(H2,12,16)(H,13,17)(H,14,18). The van der Waals surface area contributed by atoms with Gasteiger partial charge in [0.25, 0.3) is 11.8 Å². The number of carbonyl (C=O) groups excluding carboxylic acids is 2. The Labute approximate surface area is 107 Å². The minimum atomic E-state index is -0.708. The molecule has 0 saturated carbocycles. The number of amides is 2. The molecule has 1 heterocycles. The number of hydrazine groups is 1. The van der Waals surface area contributed by atoms with E-state index < -0.39 is 11.8 Å². The lowest BCUT2D eigenvalue weighted by molar-refractivity contribution is 0.0841. The quantitative estimate of drug-likeness (QED) is 0.655. The van der Waals surface area contributed by atoms with E-state index in [1.165, 1.54) is 0 Å². The lowest BCUT2D eigenvalue weighted by Crippen LogP contribution is -2.42. The van der Waals surface area contributed by atoms with Gasteiger partial charge in [-0.25, -0.2) is 4.63 Å². The van der Waals surface area contributed by atoms with E-state index in [0.29, 0.717) is 5.56 Å². The van der Waals surface area contributed by atoms with E-state index >= 15 is 0 Å². The van der Waals surface area contributed by atoms with Crippen molar-refractivity contribution in [1.29, 1.82) is 0 Å². The molecule has 4 N–H and O–H groups in total. The van der Waals surface area contributed by atoms with Crippen LogP contribution in [0.25, 0.3) is 0 Å². The second-order valence-corrected chi connectivity index (χ2v) is 3.72. The van der Waals surface area contributed by atoms with Crippen LogP contribution in [0, 0.1) is 6.92 Å². The van der Waals surface area contributed by atoms with E-state index in [2.05, 4.69) is 25.8 Å². The third kappa shape index (κ3) is 2.68. The van der Waals surface area contributed by atoms with Crippen molar-refractivity contribution in [1.82, 2.24) is 21.2 Å². The lowest BCUT2D eigenvalue weighted by atomic mass is 10.1. The summed E-state index contributed by atoms with van der Waals surface area (Å²) in [5.74, 6) is -1.30. The maximum atomic E-state index is 11.8. The molecule has 98 valence electrons. The average molecular weight is 261 g/mol. The van der Waals surface area contributed by atoms with Crippen molar-refractivity contribution in [2.24, 2.45) is 0 Å². The summed E-state index contributed by atoms with van der Waals surface area (Å²) in [5.41, 5.74) is 10.8. The fourth-order valence-corrected chi connectivity index (χ4v) is 1.42. The van der Waals surface area contributed by atoms with Gasteiger partial charge in [-0.3, -0.25) is 20.4 Å². The van der Waals surface area contributed by atoms with Crippen LogP contribution in [0.2, 0.25) is 0 Å². The largest absolute Gasteiger partial charge is 0.379 e. The van der Waals surface area contributed by atoms with Crippen molar-refractivity contribution in [2.75, 3.05) is 5.73 Å². The number of benzene rings is 1. The number of nitrogen functional groups attached to an aromatic ring is 1. The van der Waals surface area contributed by atoms with Crippen molar-refractivity contribution >= 4 is 17.6 Å². The highest BCUT2D eigenvalue weighted by atomic mass is 16.6. The van der Waals surface area contributed by atoms with Crippen molar-refractivity contribution in [3.05, 3.63) is 41.1 Å². The van der Waals surface area contributed by atoms with E-state index in [9.17, 15) is 9.59 Å². The predicted molar refractivity (Wildman–Crippen MR) is 64.8 cm³/mol. The highest BCUT2D eigenvalue weighted by molar-refractivity contribution is 6.00. The molecule has 2 rings (SSSR count). The van der Waals surface area contributed by atoms with Crippen LogP contribution in [-0.4, -0.2) is 22.1 Å². The zero-order valence-corrected chi connectivity index (χ0v) is 10.0. The summed E-state index contributed by atoms with van der Waals surface area (Å²) in [7, 11) is 0. The number of anilines is 1. The monoisotopic (exact) mass is 261 g/mol. The number of aromatic nitrogens is 2. The van der Waals surface area contributed by atoms with Gasteiger partial charge < -0.3 is 5.73 Å². The summed E-state index contributed by atoms with van der Waals surface area (Å²) in [4.78, 5) is 23.4. The first-order valence-electron chi connectivity index (χ1n) is 5.34. The van der Waals surface area contributed by atoms with Crippen LogP contribution < -0.4 is 16.6 Å². The Hall–Kier alpha value is -2.90. The number of nitrogens with two attached hydrogens (primary N) is 1. The third-order valence-electron chi connectivity index (χ3n) is 2.41. The van der Waals surface area contributed by atoms with Crippen LogP contribution >= 0.6 is 0 Å². The van der Waals surface area contributed by atoms with Gasteiger partial charge in [0.2, 0.25) is 11.5 Å². The summed E-state index contributed by atoms with van der Waals surface area (Å²) < 4.78 is 4.28. The van der Waals surface area contributed by atoms with Crippen molar-refractivity contribution in [3.8, 4) is 0 Å². The topological polar surface area (TPSA) is 123 Å². The van der Waals surface area contributed by atoms with Gasteiger partial charge in [-0.05, 0) is 28.9 Å². The molecular weight excluding hydrogens is 250 g/mol. The molecule has 0 aliphatic heterocycles. The van der Waals surface area contributed by atoms with Gasteiger partial charge in [-0.2, -0.15) is 0 Å². The fourth-order valence-electron chi connectivity index (χ4n) is 1.42. The molecule has 19 heavy (non-hydrogen) atoms. The average Bonchev–Trinajstić information content (AvgIpc) is 2.82. The Bertz CT molecular complexity index is 622. The highest BCUT2D eigenvalue weighted by Crippen LogP contribution is 2.06. The Morgan fingerprint density at radius 2 is 1.84 bits per heavy atom. The second-order valence-electron chi connectivity index (χ2n) is 3.72. The molecule has 0 spiro atoms. The highest BCUT2D eigenvalue weighted by Gasteiger charge is 2.17. The molecule has 1 aromatic carbocycles. The Balaban J connectivity index is 2.00. The third-order valence-corrected chi connectivity index (χ3v) is 2.41. The van der Waals surface area contributed by atoms with E-state index in [1.54, 1.807) is 25.1 Å². The van der Waals surface area contributed by atoms with Gasteiger partial charge in [-0.15, -0.1) is 0 Å². The van der Waals surface area contributed by atoms with E-state index in [0.717, 1.165) is 5.56 Å². The summed E-state index contributed by atoms with van der Waals surface area (Å²) >= 11 is 0. The SMILES string of the molecule is Cc1ccccc1C(=O)NNC(=O)c1nonc1N. The normalized spacial score (nSPS) is 9.95. The minimum Gasteiger partial charge on any atom is -0.379 e.